The van der Waals surface area contributed by atoms with Gasteiger partial charge in [0.2, 0.25) is 0 Å². The predicted octanol–water partition coefficient (Wildman–Crippen LogP) is 12.8. The summed E-state index contributed by atoms with van der Waals surface area (Å²) < 4.78 is 0. The summed E-state index contributed by atoms with van der Waals surface area (Å²) in [6.07, 6.45) is 15.5. The normalized spacial score (nSPS) is 12.1. The number of rotatable bonds is 22. The van der Waals surface area contributed by atoms with Crippen molar-refractivity contribution >= 4 is 11.4 Å². The molecule has 2 N–H and O–H groups in total. The summed E-state index contributed by atoms with van der Waals surface area (Å²) >= 11 is 0. The number of aryl methyl sites for hydroxylation is 2. The molecule has 0 amide bonds. The molecule has 0 aliphatic carbocycles. The zero-order valence-corrected chi connectivity index (χ0v) is 32.0. The molecule has 2 aromatic carbocycles. The van der Waals surface area contributed by atoms with Crippen molar-refractivity contribution in [3.05, 3.63) is 57.6 Å². The minimum Gasteiger partial charge on any atom is -0.381 e. The van der Waals surface area contributed by atoms with Gasteiger partial charge in [0.15, 0.2) is 0 Å². The van der Waals surface area contributed by atoms with Crippen molar-refractivity contribution in [1.82, 2.24) is 0 Å². The highest BCUT2D eigenvalue weighted by Crippen LogP contribution is 2.36. The zero-order valence-electron chi connectivity index (χ0n) is 32.0. The third kappa shape index (κ3) is 11.7. The molecule has 0 unspecified atom stereocenters. The van der Waals surface area contributed by atoms with Gasteiger partial charge in [-0.2, -0.15) is 0 Å². The number of hydrogen-bond donors (Lipinski definition) is 2. The fourth-order valence-corrected chi connectivity index (χ4v) is 7.34. The lowest BCUT2D eigenvalue weighted by Crippen LogP contribution is -2.32. The first kappa shape index (κ1) is 39.2. The van der Waals surface area contributed by atoms with Crippen LogP contribution in [-0.2, 0) is 32.1 Å². The monoisotopic (exact) mass is 619 g/mol. The van der Waals surface area contributed by atoms with Crippen molar-refractivity contribution < 1.29 is 0 Å². The lowest BCUT2D eigenvalue weighted by atomic mass is 9.85. The van der Waals surface area contributed by atoms with Crippen molar-refractivity contribution in [3.63, 3.8) is 0 Å². The van der Waals surface area contributed by atoms with Crippen LogP contribution in [0.25, 0.3) is 0 Å². The van der Waals surface area contributed by atoms with Crippen LogP contribution in [0.4, 0.5) is 11.4 Å². The molecule has 2 heteroatoms. The molecule has 2 nitrogen and oxygen atoms in total. The maximum Gasteiger partial charge on any atom is 0.0410 e. The van der Waals surface area contributed by atoms with Gasteiger partial charge in [0.25, 0.3) is 0 Å². The van der Waals surface area contributed by atoms with Gasteiger partial charge in [-0.15, -0.1) is 0 Å². The van der Waals surface area contributed by atoms with E-state index in [0.29, 0.717) is 35.8 Å². The van der Waals surface area contributed by atoms with Gasteiger partial charge in [-0.05, 0) is 115 Å². The fraction of sp³-hybridized carbons (Fsp3) is 0.721. The molecule has 0 heterocycles. The average molecular weight is 619 g/mol. The molecule has 0 aliphatic rings. The Kier molecular flexibility index (Phi) is 17.7. The Balaban J connectivity index is 2.79. The molecular formula is C43H74N2. The van der Waals surface area contributed by atoms with Crippen LogP contribution in [0.1, 0.15) is 168 Å². The van der Waals surface area contributed by atoms with Crippen molar-refractivity contribution in [3.8, 4) is 0 Å². The molecule has 2 aromatic rings. The Morgan fingerprint density at radius 2 is 0.711 bits per heavy atom. The molecule has 2 rings (SSSR count). The number of nitrogens with one attached hydrogen (secondary N) is 2. The maximum absolute atomic E-state index is 4.19. The Hall–Kier alpha value is -1.96. The minimum atomic E-state index is 0.471. The molecule has 0 radical (unpaired) electrons. The number of hydrogen-bond acceptors (Lipinski definition) is 2. The van der Waals surface area contributed by atoms with Gasteiger partial charge in [0.1, 0.15) is 0 Å². The van der Waals surface area contributed by atoms with Gasteiger partial charge in [-0.3, -0.25) is 0 Å². The van der Waals surface area contributed by atoms with Gasteiger partial charge in [-0.1, -0.05) is 133 Å². The fourth-order valence-electron chi connectivity index (χ4n) is 7.34. The second kappa shape index (κ2) is 20.3. The minimum absolute atomic E-state index is 0.471. The molecule has 0 bridgehead atoms. The van der Waals surface area contributed by atoms with Crippen LogP contribution in [0.3, 0.4) is 0 Å². The highest BCUT2D eigenvalue weighted by Gasteiger charge is 2.24. The van der Waals surface area contributed by atoms with Crippen LogP contribution < -0.4 is 10.6 Å². The summed E-state index contributed by atoms with van der Waals surface area (Å²) in [5, 5.41) is 8.38. The molecule has 256 valence electrons. The highest BCUT2D eigenvalue weighted by molar-refractivity contribution is 5.65. The second-order valence-corrected chi connectivity index (χ2v) is 15.4. The topological polar surface area (TPSA) is 24.1 Å². The lowest BCUT2D eigenvalue weighted by molar-refractivity contribution is 0.412. The smallest absolute Gasteiger partial charge is 0.0410 e. The molecule has 0 aliphatic heterocycles. The molecule has 0 spiro atoms. The van der Waals surface area contributed by atoms with E-state index in [9.17, 15) is 0 Å². The van der Waals surface area contributed by atoms with Gasteiger partial charge < -0.3 is 10.6 Å². The van der Waals surface area contributed by atoms with Gasteiger partial charge >= 0.3 is 0 Å². The van der Waals surface area contributed by atoms with Crippen LogP contribution in [0.2, 0.25) is 0 Å². The van der Waals surface area contributed by atoms with Crippen molar-refractivity contribution in [1.29, 1.82) is 0 Å². The SMILES string of the molecule is CCCCc1ccc(Cc2ccc(CCCC)c(NC(C(C)C)C(C)C)c2CCCC)c(CCCC)c1NC(C(C)C)C(C)C. The van der Waals surface area contributed by atoms with Crippen molar-refractivity contribution in [2.45, 2.75) is 179 Å². The maximum atomic E-state index is 4.19. The summed E-state index contributed by atoms with van der Waals surface area (Å²) in [5.74, 6) is 2.36. The van der Waals surface area contributed by atoms with E-state index in [2.05, 4.69) is 118 Å². The third-order valence-corrected chi connectivity index (χ3v) is 10.0. The highest BCUT2D eigenvalue weighted by atomic mass is 14.9. The molecule has 0 fully saturated rings. The Morgan fingerprint density at radius 3 is 1.00 bits per heavy atom. The molecule has 0 saturated carbocycles. The van der Waals surface area contributed by atoms with E-state index in [1.54, 1.807) is 11.1 Å². The van der Waals surface area contributed by atoms with Gasteiger partial charge in [0.05, 0.1) is 0 Å². The van der Waals surface area contributed by atoms with Crippen LogP contribution in [-0.4, -0.2) is 12.1 Å². The standard InChI is InChI=1S/C43H74N2/c1-13-17-21-34-25-27-36(38(23-19-15-3)42(34)44-40(30(5)6)31(7)8)29-37-28-26-35(22-18-14-2)43(39(37)24-20-16-4)45-41(32(9)10)33(11)12/h25-28,30-33,40-41,44-45H,13-24,29H2,1-12H3. The van der Waals surface area contributed by atoms with Gasteiger partial charge in [-0.25, -0.2) is 0 Å². The van der Waals surface area contributed by atoms with E-state index in [-0.39, 0.29) is 0 Å². The largest absolute Gasteiger partial charge is 0.381 e. The first-order valence-electron chi connectivity index (χ1n) is 19.3. The Labute approximate surface area is 281 Å². The molecule has 0 atom stereocenters. The first-order chi connectivity index (χ1) is 21.5. The number of unbranched alkanes of at least 4 members (excludes halogenated alkanes) is 4. The van der Waals surface area contributed by atoms with E-state index in [4.69, 9.17) is 0 Å². The van der Waals surface area contributed by atoms with E-state index in [1.807, 2.05) is 0 Å². The van der Waals surface area contributed by atoms with Crippen molar-refractivity contribution in [2.75, 3.05) is 10.6 Å². The van der Waals surface area contributed by atoms with Gasteiger partial charge in [0, 0.05) is 23.5 Å². The molecule has 0 saturated heterocycles. The number of anilines is 2. The molecule has 45 heavy (non-hydrogen) atoms. The quantitative estimate of drug-likeness (QED) is 0.137. The Morgan fingerprint density at radius 1 is 0.422 bits per heavy atom. The first-order valence-corrected chi connectivity index (χ1v) is 19.3. The summed E-state index contributed by atoms with van der Waals surface area (Å²) in [7, 11) is 0. The van der Waals surface area contributed by atoms with Crippen LogP contribution >= 0.6 is 0 Å². The van der Waals surface area contributed by atoms with Crippen molar-refractivity contribution in [2.24, 2.45) is 23.7 Å². The van der Waals surface area contributed by atoms with Crippen LogP contribution in [0.15, 0.2) is 24.3 Å². The van der Waals surface area contributed by atoms with E-state index < -0.39 is 0 Å². The van der Waals surface area contributed by atoms with Crippen LogP contribution in [0.5, 0.6) is 0 Å². The van der Waals surface area contributed by atoms with E-state index in [1.165, 1.54) is 85.0 Å². The molecule has 0 aromatic heterocycles. The van der Waals surface area contributed by atoms with E-state index in [0.717, 1.165) is 32.1 Å². The summed E-state index contributed by atoms with van der Waals surface area (Å²) in [6, 6.07) is 10.9. The number of benzene rings is 2. The summed E-state index contributed by atoms with van der Waals surface area (Å²) in [4.78, 5) is 0. The lowest BCUT2D eigenvalue weighted by Gasteiger charge is -2.32. The average Bonchev–Trinajstić information content (AvgIpc) is 2.99. The summed E-state index contributed by atoms with van der Waals surface area (Å²) in [6.45, 7) is 28.4. The third-order valence-electron chi connectivity index (χ3n) is 10.0. The Bertz CT molecular complexity index is 1010. The molecular weight excluding hydrogens is 544 g/mol. The summed E-state index contributed by atoms with van der Waals surface area (Å²) in [5.41, 5.74) is 12.2. The predicted molar refractivity (Wildman–Crippen MR) is 204 cm³/mol. The van der Waals surface area contributed by atoms with E-state index >= 15 is 0 Å². The zero-order chi connectivity index (χ0) is 33.5. The van der Waals surface area contributed by atoms with Crippen LogP contribution in [0, 0.1) is 23.7 Å². The second-order valence-electron chi connectivity index (χ2n) is 15.4.